The molecular weight excluding hydrogens is 268 g/mol. The molecule has 3 nitrogen and oxygen atoms in total. The second kappa shape index (κ2) is 6.48. The molecule has 1 atom stereocenters. The Morgan fingerprint density at radius 3 is 2.55 bits per heavy atom. The number of rotatable bonds is 4. The van der Waals surface area contributed by atoms with Crippen molar-refractivity contribution in [2.75, 3.05) is 11.1 Å². The number of benzene rings is 2. The molecule has 0 bridgehead atoms. The number of thioether (sulfide) groups is 1. The molecule has 0 aliphatic rings. The molecule has 20 heavy (non-hydrogen) atoms. The van der Waals surface area contributed by atoms with Gasteiger partial charge in [-0.1, -0.05) is 12.1 Å². The number of amides is 1. The highest BCUT2D eigenvalue weighted by Crippen LogP contribution is 2.25. The zero-order valence-electron chi connectivity index (χ0n) is 11.6. The molecule has 0 unspecified atom stereocenters. The van der Waals surface area contributed by atoms with Gasteiger partial charge in [0, 0.05) is 16.3 Å². The molecule has 0 radical (unpaired) electrons. The smallest absolute Gasteiger partial charge is 0.237 e. The highest BCUT2D eigenvalue weighted by Gasteiger charge is 2.14. The maximum absolute atomic E-state index is 12.1. The molecule has 2 aromatic rings. The van der Waals surface area contributed by atoms with Crippen LogP contribution in [0.3, 0.4) is 0 Å². The monoisotopic (exact) mass is 286 g/mol. The van der Waals surface area contributed by atoms with Gasteiger partial charge >= 0.3 is 0 Å². The first kappa shape index (κ1) is 14.5. The van der Waals surface area contributed by atoms with Gasteiger partial charge in [0.25, 0.3) is 0 Å². The minimum absolute atomic E-state index is 0.00238. The van der Waals surface area contributed by atoms with Crippen LogP contribution in [0.4, 0.5) is 11.4 Å². The molecule has 0 aliphatic heterocycles. The molecule has 2 aromatic carbocycles. The lowest BCUT2D eigenvalue weighted by Gasteiger charge is -2.12. The summed E-state index contributed by atoms with van der Waals surface area (Å²) in [6.45, 7) is 3.90. The Balaban J connectivity index is 1.96. The van der Waals surface area contributed by atoms with E-state index < -0.39 is 0 Å². The molecule has 0 saturated carbocycles. The van der Waals surface area contributed by atoms with Gasteiger partial charge in [0.1, 0.15) is 0 Å². The molecule has 0 aliphatic carbocycles. The van der Waals surface area contributed by atoms with Crippen molar-refractivity contribution in [1.29, 1.82) is 0 Å². The lowest BCUT2D eigenvalue weighted by molar-refractivity contribution is -0.115. The van der Waals surface area contributed by atoms with Crippen LogP contribution >= 0.6 is 11.8 Å². The quantitative estimate of drug-likeness (QED) is 0.665. The minimum Gasteiger partial charge on any atom is -0.399 e. The maximum Gasteiger partial charge on any atom is 0.237 e. The van der Waals surface area contributed by atoms with E-state index in [2.05, 4.69) is 5.32 Å². The fourth-order valence-electron chi connectivity index (χ4n) is 1.77. The molecule has 104 valence electrons. The first-order valence-corrected chi connectivity index (χ1v) is 7.32. The molecule has 0 fully saturated rings. The molecule has 0 heterocycles. The molecular formula is C16H18N2OS. The number of aryl methyl sites for hydroxylation is 1. The van der Waals surface area contributed by atoms with Crippen LogP contribution in [0.5, 0.6) is 0 Å². The van der Waals surface area contributed by atoms with Crippen LogP contribution in [-0.2, 0) is 4.79 Å². The SMILES string of the molecule is Cc1cccc(NC(=O)[C@H](C)Sc2ccc(N)cc2)c1. The number of carbonyl (C=O) groups excluding carboxylic acids is 1. The van der Waals surface area contributed by atoms with Crippen molar-refractivity contribution >= 4 is 29.0 Å². The summed E-state index contributed by atoms with van der Waals surface area (Å²) in [6.07, 6.45) is 0. The second-order valence-electron chi connectivity index (χ2n) is 4.69. The van der Waals surface area contributed by atoms with E-state index in [9.17, 15) is 4.79 Å². The van der Waals surface area contributed by atoms with Crippen LogP contribution in [0.15, 0.2) is 53.4 Å². The summed E-state index contributed by atoms with van der Waals surface area (Å²) in [5.41, 5.74) is 8.33. The average molecular weight is 286 g/mol. The maximum atomic E-state index is 12.1. The van der Waals surface area contributed by atoms with Crippen LogP contribution in [0.25, 0.3) is 0 Å². The van der Waals surface area contributed by atoms with Gasteiger partial charge in [0.15, 0.2) is 0 Å². The van der Waals surface area contributed by atoms with Crippen LogP contribution in [0, 0.1) is 6.92 Å². The van der Waals surface area contributed by atoms with Gasteiger partial charge in [-0.05, 0) is 55.8 Å². The van der Waals surface area contributed by atoms with Crippen molar-refractivity contribution in [2.45, 2.75) is 24.0 Å². The van der Waals surface area contributed by atoms with E-state index in [0.717, 1.165) is 21.8 Å². The van der Waals surface area contributed by atoms with Crippen molar-refractivity contribution < 1.29 is 4.79 Å². The largest absolute Gasteiger partial charge is 0.399 e. The summed E-state index contributed by atoms with van der Waals surface area (Å²) in [4.78, 5) is 13.2. The Labute approximate surface area is 123 Å². The molecule has 3 N–H and O–H groups in total. The fraction of sp³-hybridized carbons (Fsp3) is 0.188. The third-order valence-electron chi connectivity index (χ3n) is 2.85. The predicted octanol–water partition coefficient (Wildman–Crippen LogP) is 3.70. The Morgan fingerprint density at radius 1 is 1.20 bits per heavy atom. The normalized spacial score (nSPS) is 11.9. The summed E-state index contributed by atoms with van der Waals surface area (Å²) in [6, 6.07) is 15.3. The van der Waals surface area contributed by atoms with Crippen LogP contribution in [-0.4, -0.2) is 11.2 Å². The molecule has 2 rings (SSSR count). The van der Waals surface area contributed by atoms with Crippen LogP contribution in [0.1, 0.15) is 12.5 Å². The van der Waals surface area contributed by atoms with E-state index in [4.69, 9.17) is 5.73 Å². The van der Waals surface area contributed by atoms with Crippen molar-refractivity contribution in [1.82, 2.24) is 0 Å². The van der Waals surface area contributed by atoms with Gasteiger partial charge in [-0.25, -0.2) is 0 Å². The molecule has 1 amide bonds. The highest BCUT2D eigenvalue weighted by molar-refractivity contribution is 8.00. The van der Waals surface area contributed by atoms with Crippen molar-refractivity contribution in [3.63, 3.8) is 0 Å². The van der Waals surface area contributed by atoms with E-state index in [-0.39, 0.29) is 11.2 Å². The van der Waals surface area contributed by atoms with Crippen molar-refractivity contribution in [3.8, 4) is 0 Å². The van der Waals surface area contributed by atoms with E-state index in [1.165, 1.54) is 11.8 Å². The first-order valence-electron chi connectivity index (χ1n) is 6.44. The van der Waals surface area contributed by atoms with Gasteiger partial charge in [-0.3, -0.25) is 4.79 Å². The Hall–Kier alpha value is -1.94. The summed E-state index contributed by atoms with van der Waals surface area (Å²) >= 11 is 1.52. The van der Waals surface area contributed by atoms with E-state index in [1.54, 1.807) is 0 Å². The summed E-state index contributed by atoms with van der Waals surface area (Å²) in [5, 5.41) is 2.76. The third kappa shape index (κ3) is 4.03. The number of hydrogen-bond acceptors (Lipinski definition) is 3. The summed E-state index contributed by atoms with van der Waals surface area (Å²) < 4.78 is 0. The number of hydrogen-bond donors (Lipinski definition) is 2. The Bertz CT molecular complexity index is 596. The third-order valence-corrected chi connectivity index (χ3v) is 3.96. The van der Waals surface area contributed by atoms with Crippen molar-refractivity contribution in [2.24, 2.45) is 0 Å². The summed E-state index contributed by atoms with van der Waals surface area (Å²) in [7, 11) is 0. The van der Waals surface area contributed by atoms with Gasteiger partial charge in [0.2, 0.25) is 5.91 Å². The van der Waals surface area contributed by atoms with Crippen molar-refractivity contribution in [3.05, 3.63) is 54.1 Å². The molecule has 0 aromatic heterocycles. The second-order valence-corrected chi connectivity index (χ2v) is 6.10. The number of anilines is 2. The number of nitrogens with two attached hydrogens (primary N) is 1. The lowest BCUT2D eigenvalue weighted by atomic mass is 10.2. The standard InChI is InChI=1S/C16H18N2OS/c1-11-4-3-5-14(10-11)18-16(19)12(2)20-15-8-6-13(17)7-9-15/h3-10,12H,17H2,1-2H3,(H,18,19)/t12-/m0/s1. The van der Waals surface area contributed by atoms with Crippen LogP contribution < -0.4 is 11.1 Å². The van der Waals surface area contributed by atoms with E-state index in [0.29, 0.717) is 0 Å². The minimum atomic E-state index is -0.167. The number of carbonyl (C=O) groups is 1. The first-order chi connectivity index (χ1) is 9.54. The number of nitrogen functional groups attached to an aromatic ring is 1. The Morgan fingerprint density at radius 2 is 1.90 bits per heavy atom. The molecule has 0 saturated heterocycles. The zero-order chi connectivity index (χ0) is 14.5. The topological polar surface area (TPSA) is 55.1 Å². The molecule has 0 spiro atoms. The average Bonchev–Trinajstić information content (AvgIpc) is 2.41. The highest BCUT2D eigenvalue weighted by atomic mass is 32.2. The van der Waals surface area contributed by atoms with Gasteiger partial charge in [-0.2, -0.15) is 0 Å². The van der Waals surface area contributed by atoms with E-state index in [1.807, 2.05) is 62.4 Å². The Kier molecular flexibility index (Phi) is 4.69. The van der Waals surface area contributed by atoms with Gasteiger partial charge in [-0.15, -0.1) is 11.8 Å². The van der Waals surface area contributed by atoms with E-state index >= 15 is 0 Å². The lowest BCUT2D eigenvalue weighted by Crippen LogP contribution is -2.22. The zero-order valence-corrected chi connectivity index (χ0v) is 12.4. The fourth-order valence-corrected chi connectivity index (χ4v) is 2.64. The predicted molar refractivity (Wildman–Crippen MR) is 86.0 cm³/mol. The number of nitrogens with one attached hydrogen (secondary N) is 1. The van der Waals surface area contributed by atoms with Gasteiger partial charge in [0.05, 0.1) is 5.25 Å². The van der Waals surface area contributed by atoms with Gasteiger partial charge < -0.3 is 11.1 Å². The summed E-state index contributed by atoms with van der Waals surface area (Å²) in [5.74, 6) is -0.00238. The molecule has 4 heteroatoms. The van der Waals surface area contributed by atoms with Crippen LogP contribution in [0.2, 0.25) is 0 Å².